The van der Waals surface area contributed by atoms with E-state index >= 15 is 0 Å². The second-order valence-corrected chi connectivity index (χ2v) is 6.33. The van der Waals surface area contributed by atoms with Crippen molar-refractivity contribution in [2.75, 3.05) is 0 Å². The molecule has 12 heteroatoms. The van der Waals surface area contributed by atoms with Gasteiger partial charge in [0.25, 0.3) is 5.56 Å². The predicted octanol–water partition coefficient (Wildman–Crippen LogP) is 4.04. The molecule has 0 aliphatic carbocycles. The number of hydrogen-bond acceptors (Lipinski definition) is 4. The number of benzene rings is 1. The van der Waals surface area contributed by atoms with E-state index in [9.17, 15) is 31.1 Å². The van der Waals surface area contributed by atoms with Crippen LogP contribution in [0.4, 0.5) is 26.3 Å². The van der Waals surface area contributed by atoms with Gasteiger partial charge in [-0.2, -0.15) is 18.3 Å². The molecule has 0 spiro atoms. The molecule has 0 unspecified atom stereocenters. The van der Waals surface area contributed by atoms with Crippen LogP contribution >= 0.6 is 0 Å². The number of aromatic amines is 1. The van der Waals surface area contributed by atoms with Crippen molar-refractivity contribution in [3.05, 3.63) is 51.7 Å². The molecule has 0 saturated carbocycles. The Morgan fingerprint density at radius 1 is 1.14 bits per heavy atom. The van der Waals surface area contributed by atoms with Gasteiger partial charge in [-0.05, 0) is 31.5 Å². The molecule has 1 atom stereocenters. The molecule has 3 rings (SSSR count). The number of hydrogen-bond donors (Lipinski definition) is 1. The van der Waals surface area contributed by atoms with Gasteiger partial charge >= 0.3 is 12.5 Å². The van der Waals surface area contributed by atoms with Crippen molar-refractivity contribution < 1.29 is 31.1 Å². The molecular weight excluding hydrogens is 406 g/mol. The Bertz CT molecular complexity index is 1080. The molecule has 156 valence electrons. The van der Waals surface area contributed by atoms with E-state index in [-0.39, 0.29) is 16.9 Å². The molecule has 0 fully saturated rings. The van der Waals surface area contributed by atoms with Crippen LogP contribution in [0, 0.1) is 6.92 Å². The molecule has 2 aromatic heterocycles. The van der Waals surface area contributed by atoms with E-state index in [4.69, 9.17) is 0 Å². The summed E-state index contributed by atoms with van der Waals surface area (Å²) >= 11 is 0. The normalized spacial score (nSPS) is 13.7. The lowest BCUT2D eigenvalue weighted by Crippen LogP contribution is -2.17. The quantitative estimate of drug-likeness (QED) is 0.647. The lowest BCUT2D eigenvalue weighted by molar-refractivity contribution is -0.274. The molecular formula is C17H14F6N4O2. The Morgan fingerprint density at radius 3 is 2.31 bits per heavy atom. The first-order chi connectivity index (χ1) is 13.3. The first kappa shape index (κ1) is 20.7. The summed E-state index contributed by atoms with van der Waals surface area (Å²) in [5.74, 6) is -0.259. The Kier molecular flexibility index (Phi) is 5.05. The van der Waals surface area contributed by atoms with E-state index < -0.39 is 42.0 Å². The van der Waals surface area contributed by atoms with Crippen LogP contribution in [0.15, 0.2) is 29.1 Å². The zero-order chi connectivity index (χ0) is 21.6. The molecule has 3 aromatic rings. The zero-order valence-electron chi connectivity index (χ0n) is 15.0. The number of rotatable bonds is 4. The first-order valence-corrected chi connectivity index (χ1v) is 8.24. The summed E-state index contributed by atoms with van der Waals surface area (Å²) in [6.07, 6.45) is -10.9. The highest BCUT2D eigenvalue weighted by Crippen LogP contribution is 2.29. The summed E-state index contributed by atoms with van der Waals surface area (Å²) < 4.78 is 80.5. The van der Waals surface area contributed by atoms with Crippen LogP contribution in [0.3, 0.4) is 0 Å². The molecule has 0 amide bonds. The molecule has 1 N–H and O–H groups in total. The van der Waals surface area contributed by atoms with Gasteiger partial charge in [-0.25, -0.2) is 9.67 Å². The number of alkyl halides is 6. The standard InChI is InChI=1S/C17H14F6N4O2/c1-8(10-3-5-11(6-4-10)29-17(21,22)23)27-14-13(15(28)25-9(2)24-14)12(26-27)7-16(18,19)20/h3-6,8H,7H2,1-2H3,(H,24,25,28)/t8-/m1/s1. The van der Waals surface area contributed by atoms with Crippen molar-refractivity contribution in [1.82, 2.24) is 19.7 Å². The summed E-state index contributed by atoms with van der Waals surface area (Å²) in [5, 5.41) is 3.66. The third-order valence-electron chi connectivity index (χ3n) is 4.08. The van der Waals surface area contributed by atoms with Gasteiger partial charge in [-0.1, -0.05) is 12.1 Å². The van der Waals surface area contributed by atoms with Crippen molar-refractivity contribution in [2.24, 2.45) is 0 Å². The van der Waals surface area contributed by atoms with Gasteiger partial charge in [0.2, 0.25) is 0 Å². The van der Waals surface area contributed by atoms with Crippen LogP contribution in [-0.2, 0) is 6.42 Å². The Labute approximate surface area is 159 Å². The number of H-pyrrole nitrogens is 1. The first-order valence-electron chi connectivity index (χ1n) is 8.24. The third-order valence-corrected chi connectivity index (χ3v) is 4.08. The molecule has 6 nitrogen and oxygen atoms in total. The van der Waals surface area contributed by atoms with Crippen LogP contribution in [0.25, 0.3) is 11.0 Å². The number of nitrogens with one attached hydrogen (secondary N) is 1. The smallest absolute Gasteiger partial charge is 0.406 e. The van der Waals surface area contributed by atoms with Gasteiger partial charge < -0.3 is 9.72 Å². The number of aryl methyl sites for hydroxylation is 1. The minimum absolute atomic E-state index is 0.0476. The SMILES string of the molecule is Cc1nc2c(c(CC(F)(F)F)nn2[C@H](C)c2ccc(OC(F)(F)F)cc2)c(=O)[nH]1. The maximum atomic E-state index is 12.9. The molecule has 0 aliphatic heterocycles. The highest BCUT2D eigenvalue weighted by molar-refractivity contribution is 5.77. The van der Waals surface area contributed by atoms with E-state index in [0.29, 0.717) is 5.56 Å². The van der Waals surface area contributed by atoms with Crippen LogP contribution in [-0.4, -0.2) is 32.3 Å². The van der Waals surface area contributed by atoms with Crippen LogP contribution < -0.4 is 10.3 Å². The molecule has 0 bridgehead atoms. The summed E-state index contributed by atoms with van der Waals surface area (Å²) in [7, 11) is 0. The molecule has 1 aromatic carbocycles. The summed E-state index contributed by atoms with van der Waals surface area (Å²) in [4.78, 5) is 18.7. The zero-order valence-corrected chi connectivity index (χ0v) is 15.0. The van der Waals surface area contributed by atoms with E-state index in [2.05, 4.69) is 19.8 Å². The minimum Gasteiger partial charge on any atom is -0.406 e. The summed E-state index contributed by atoms with van der Waals surface area (Å²) in [6, 6.07) is 4.08. The Balaban J connectivity index is 2.05. The monoisotopic (exact) mass is 420 g/mol. The fourth-order valence-electron chi connectivity index (χ4n) is 2.90. The van der Waals surface area contributed by atoms with E-state index in [0.717, 1.165) is 16.8 Å². The molecule has 2 heterocycles. The van der Waals surface area contributed by atoms with Crippen LogP contribution in [0.1, 0.15) is 30.0 Å². The second-order valence-electron chi connectivity index (χ2n) is 6.33. The lowest BCUT2D eigenvalue weighted by atomic mass is 10.1. The molecule has 0 aliphatic rings. The number of nitrogens with zero attached hydrogens (tertiary/aromatic N) is 3. The van der Waals surface area contributed by atoms with E-state index in [1.807, 2.05) is 0 Å². The second kappa shape index (κ2) is 7.08. The summed E-state index contributed by atoms with van der Waals surface area (Å²) in [5.41, 5.74) is -0.847. The molecule has 0 saturated heterocycles. The number of fused-ring (bicyclic) bond motifs is 1. The average molecular weight is 420 g/mol. The van der Waals surface area contributed by atoms with Crippen LogP contribution in [0.2, 0.25) is 0 Å². The highest BCUT2D eigenvalue weighted by atomic mass is 19.4. The highest BCUT2D eigenvalue weighted by Gasteiger charge is 2.33. The third kappa shape index (κ3) is 4.69. The fraction of sp³-hybridized carbons (Fsp3) is 0.353. The number of halogens is 6. The summed E-state index contributed by atoms with van der Waals surface area (Å²) in [6.45, 7) is 3.04. The van der Waals surface area contributed by atoms with Gasteiger partial charge in [0.15, 0.2) is 5.65 Å². The Hall–Kier alpha value is -3.05. The van der Waals surface area contributed by atoms with Crippen molar-refractivity contribution >= 4 is 11.0 Å². The number of ether oxygens (including phenoxy) is 1. The molecule has 29 heavy (non-hydrogen) atoms. The van der Waals surface area contributed by atoms with E-state index in [1.54, 1.807) is 6.92 Å². The van der Waals surface area contributed by atoms with Crippen molar-refractivity contribution in [1.29, 1.82) is 0 Å². The molecule has 0 radical (unpaired) electrons. The van der Waals surface area contributed by atoms with Gasteiger partial charge in [0.1, 0.15) is 17.0 Å². The maximum Gasteiger partial charge on any atom is 0.573 e. The van der Waals surface area contributed by atoms with Crippen molar-refractivity contribution in [3.8, 4) is 5.75 Å². The van der Waals surface area contributed by atoms with Crippen LogP contribution in [0.5, 0.6) is 5.75 Å². The van der Waals surface area contributed by atoms with Crippen molar-refractivity contribution in [3.63, 3.8) is 0 Å². The fourth-order valence-corrected chi connectivity index (χ4v) is 2.90. The lowest BCUT2D eigenvalue weighted by Gasteiger charge is -2.15. The van der Waals surface area contributed by atoms with Gasteiger partial charge in [-0.3, -0.25) is 4.79 Å². The maximum absolute atomic E-state index is 12.9. The van der Waals surface area contributed by atoms with Crippen molar-refractivity contribution in [2.45, 2.75) is 38.8 Å². The number of aromatic nitrogens is 4. The topological polar surface area (TPSA) is 72.8 Å². The Morgan fingerprint density at radius 2 is 1.76 bits per heavy atom. The van der Waals surface area contributed by atoms with E-state index in [1.165, 1.54) is 19.1 Å². The minimum atomic E-state index is -4.85. The van der Waals surface area contributed by atoms with Gasteiger partial charge in [0, 0.05) is 0 Å². The average Bonchev–Trinajstić information content (AvgIpc) is 2.90. The predicted molar refractivity (Wildman–Crippen MR) is 89.6 cm³/mol. The van der Waals surface area contributed by atoms with Gasteiger partial charge in [0.05, 0.1) is 18.2 Å². The largest absolute Gasteiger partial charge is 0.573 e. The van der Waals surface area contributed by atoms with Gasteiger partial charge in [-0.15, -0.1) is 13.2 Å².